The van der Waals surface area contributed by atoms with E-state index in [1.807, 2.05) is 20.8 Å². The third-order valence-electron chi connectivity index (χ3n) is 4.14. The summed E-state index contributed by atoms with van der Waals surface area (Å²) in [5, 5.41) is 8.99. The number of carboxylic acids is 1. The SMILES string of the molecule is Cc1nc(=O)n(C(C)(C)C2CC2)c(C)c1CC(=O)O. The maximum Gasteiger partial charge on any atom is 0.348 e. The molecule has 0 unspecified atom stereocenters. The largest absolute Gasteiger partial charge is 0.481 e. The minimum Gasteiger partial charge on any atom is -0.481 e. The van der Waals surface area contributed by atoms with Crippen molar-refractivity contribution in [1.29, 1.82) is 0 Å². The monoisotopic (exact) mass is 264 g/mol. The van der Waals surface area contributed by atoms with Crippen LogP contribution in [0, 0.1) is 19.8 Å². The Morgan fingerprint density at radius 1 is 1.42 bits per heavy atom. The van der Waals surface area contributed by atoms with Crippen molar-refractivity contribution in [3.8, 4) is 0 Å². The molecular weight excluding hydrogens is 244 g/mol. The number of hydrogen-bond acceptors (Lipinski definition) is 3. The Labute approximate surface area is 112 Å². The van der Waals surface area contributed by atoms with Crippen LogP contribution < -0.4 is 5.69 Å². The van der Waals surface area contributed by atoms with Crippen LogP contribution >= 0.6 is 0 Å². The van der Waals surface area contributed by atoms with Crippen LogP contribution in [0.1, 0.15) is 43.6 Å². The van der Waals surface area contributed by atoms with Gasteiger partial charge >= 0.3 is 11.7 Å². The molecule has 0 amide bonds. The normalized spacial score (nSPS) is 15.6. The summed E-state index contributed by atoms with van der Waals surface area (Å²) in [6.45, 7) is 7.57. The van der Waals surface area contributed by atoms with Crippen LogP contribution in [0.3, 0.4) is 0 Å². The quantitative estimate of drug-likeness (QED) is 0.897. The van der Waals surface area contributed by atoms with Crippen molar-refractivity contribution < 1.29 is 9.90 Å². The lowest BCUT2D eigenvalue weighted by molar-refractivity contribution is -0.136. The Morgan fingerprint density at radius 2 is 2.00 bits per heavy atom. The molecule has 1 aliphatic rings. The molecule has 0 aromatic carbocycles. The Bertz CT molecular complexity index is 583. The van der Waals surface area contributed by atoms with E-state index >= 15 is 0 Å². The number of aryl methyl sites for hydroxylation is 1. The molecule has 0 bridgehead atoms. The number of carbonyl (C=O) groups is 1. The maximum absolute atomic E-state index is 12.2. The summed E-state index contributed by atoms with van der Waals surface area (Å²) in [7, 11) is 0. The summed E-state index contributed by atoms with van der Waals surface area (Å²) < 4.78 is 1.68. The summed E-state index contributed by atoms with van der Waals surface area (Å²) in [4.78, 5) is 27.1. The average molecular weight is 264 g/mol. The first kappa shape index (κ1) is 13.8. The molecule has 0 radical (unpaired) electrons. The summed E-state index contributed by atoms with van der Waals surface area (Å²) in [5.74, 6) is -0.423. The Balaban J connectivity index is 2.61. The van der Waals surface area contributed by atoms with Crippen LogP contribution in [-0.4, -0.2) is 20.6 Å². The molecule has 0 saturated heterocycles. The van der Waals surface area contributed by atoms with E-state index in [-0.39, 0.29) is 17.6 Å². The second-order valence-corrected chi connectivity index (χ2v) is 5.88. The molecule has 1 aromatic rings. The van der Waals surface area contributed by atoms with Crippen LogP contribution in [0.15, 0.2) is 4.79 Å². The highest BCUT2D eigenvalue weighted by atomic mass is 16.4. The van der Waals surface area contributed by atoms with Crippen LogP contribution in [0.2, 0.25) is 0 Å². The number of carboxylic acid groups (broad SMARTS) is 1. The summed E-state index contributed by atoms with van der Waals surface area (Å²) in [6.07, 6.45) is 2.13. The minimum atomic E-state index is -0.901. The molecule has 2 rings (SSSR count). The van der Waals surface area contributed by atoms with Crippen molar-refractivity contribution in [2.24, 2.45) is 5.92 Å². The van der Waals surface area contributed by atoms with E-state index in [4.69, 9.17) is 5.11 Å². The highest BCUT2D eigenvalue weighted by Gasteiger charge is 2.41. The van der Waals surface area contributed by atoms with Crippen LogP contribution in [-0.2, 0) is 16.8 Å². The molecule has 5 nitrogen and oxygen atoms in total. The van der Waals surface area contributed by atoms with E-state index in [1.165, 1.54) is 0 Å². The summed E-state index contributed by atoms with van der Waals surface area (Å²) in [5.41, 5.74) is 1.33. The van der Waals surface area contributed by atoms with Gasteiger partial charge in [0.15, 0.2) is 0 Å². The Hall–Kier alpha value is -1.65. The molecule has 1 saturated carbocycles. The van der Waals surface area contributed by atoms with Gasteiger partial charge in [0.05, 0.1) is 6.42 Å². The van der Waals surface area contributed by atoms with Crippen molar-refractivity contribution in [3.05, 3.63) is 27.4 Å². The average Bonchev–Trinajstić information content (AvgIpc) is 3.06. The molecule has 1 fully saturated rings. The molecule has 1 heterocycles. The first-order chi connectivity index (χ1) is 8.75. The van der Waals surface area contributed by atoms with Gasteiger partial charge in [-0.05, 0) is 46.5 Å². The van der Waals surface area contributed by atoms with Gasteiger partial charge in [-0.2, -0.15) is 4.98 Å². The molecular formula is C14H20N2O3. The highest BCUT2D eigenvalue weighted by molar-refractivity contribution is 5.70. The summed E-state index contributed by atoms with van der Waals surface area (Å²) >= 11 is 0. The molecule has 104 valence electrons. The van der Waals surface area contributed by atoms with Gasteiger partial charge in [0.2, 0.25) is 0 Å². The molecule has 0 spiro atoms. The summed E-state index contributed by atoms with van der Waals surface area (Å²) in [6, 6.07) is 0. The third kappa shape index (κ3) is 2.41. The zero-order chi connectivity index (χ0) is 14.4. The zero-order valence-corrected chi connectivity index (χ0v) is 11.9. The zero-order valence-electron chi connectivity index (χ0n) is 11.9. The van der Waals surface area contributed by atoms with Crippen molar-refractivity contribution in [1.82, 2.24) is 9.55 Å². The number of aromatic nitrogens is 2. The van der Waals surface area contributed by atoms with Crippen molar-refractivity contribution in [2.75, 3.05) is 0 Å². The smallest absolute Gasteiger partial charge is 0.348 e. The topological polar surface area (TPSA) is 72.2 Å². The first-order valence-corrected chi connectivity index (χ1v) is 6.56. The fourth-order valence-corrected chi connectivity index (χ4v) is 2.86. The van der Waals surface area contributed by atoms with Gasteiger partial charge in [-0.25, -0.2) is 4.79 Å². The van der Waals surface area contributed by atoms with E-state index in [9.17, 15) is 9.59 Å². The number of aliphatic carboxylic acids is 1. The fraction of sp³-hybridized carbons (Fsp3) is 0.643. The highest BCUT2D eigenvalue weighted by Crippen LogP contribution is 2.43. The van der Waals surface area contributed by atoms with Crippen molar-refractivity contribution >= 4 is 5.97 Å². The second-order valence-electron chi connectivity index (χ2n) is 5.88. The first-order valence-electron chi connectivity index (χ1n) is 6.56. The van der Waals surface area contributed by atoms with Crippen molar-refractivity contribution in [3.63, 3.8) is 0 Å². The Morgan fingerprint density at radius 3 is 2.47 bits per heavy atom. The van der Waals surface area contributed by atoms with Gasteiger partial charge in [0, 0.05) is 22.5 Å². The number of nitrogens with zero attached hydrogens (tertiary/aromatic N) is 2. The van der Waals surface area contributed by atoms with Gasteiger partial charge in [0.1, 0.15) is 0 Å². The lowest BCUT2D eigenvalue weighted by atomic mass is 9.96. The third-order valence-corrected chi connectivity index (χ3v) is 4.14. The molecule has 5 heteroatoms. The number of hydrogen-bond donors (Lipinski definition) is 1. The predicted molar refractivity (Wildman–Crippen MR) is 71.4 cm³/mol. The van der Waals surface area contributed by atoms with Crippen LogP contribution in [0.4, 0.5) is 0 Å². The molecule has 1 aliphatic carbocycles. The van der Waals surface area contributed by atoms with E-state index in [2.05, 4.69) is 4.98 Å². The fourth-order valence-electron chi connectivity index (χ4n) is 2.86. The molecule has 19 heavy (non-hydrogen) atoms. The van der Waals surface area contributed by atoms with E-state index in [1.54, 1.807) is 11.5 Å². The van der Waals surface area contributed by atoms with E-state index in [0.29, 0.717) is 17.2 Å². The predicted octanol–water partition coefficient (Wildman–Crippen LogP) is 1.63. The van der Waals surface area contributed by atoms with Crippen molar-refractivity contribution in [2.45, 2.75) is 52.5 Å². The van der Waals surface area contributed by atoms with Gasteiger partial charge in [-0.1, -0.05) is 0 Å². The molecule has 1 aromatic heterocycles. The van der Waals surface area contributed by atoms with Crippen LogP contribution in [0.25, 0.3) is 0 Å². The van der Waals surface area contributed by atoms with Crippen LogP contribution in [0.5, 0.6) is 0 Å². The molecule has 0 aliphatic heterocycles. The van der Waals surface area contributed by atoms with Gasteiger partial charge < -0.3 is 5.11 Å². The second kappa shape index (κ2) is 4.47. The van der Waals surface area contributed by atoms with E-state index < -0.39 is 5.97 Å². The van der Waals surface area contributed by atoms with E-state index in [0.717, 1.165) is 18.5 Å². The van der Waals surface area contributed by atoms with Gasteiger partial charge in [-0.15, -0.1) is 0 Å². The van der Waals surface area contributed by atoms with Gasteiger partial charge in [-0.3, -0.25) is 9.36 Å². The molecule has 0 atom stereocenters. The number of rotatable bonds is 4. The lowest BCUT2D eigenvalue weighted by Gasteiger charge is -2.30. The Kier molecular flexibility index (Phi) is 3.24. The minimum absolute atomic E-state index is 0.0916. The lowest BCUT2D eigenvalue weighted by Crippen LogP contribution is -2.42. The molecule has 1 N–H and O–H groups in total. The maximum atomic E-state index is 12.2. The van der Waals surface area contributed by atoms with Gasteiger partial charge in [0.25, 0.3) is 0 Å². The standard InChI is InChI=1S/C14H20N2O3/c1-8-11(7-12(17)18)9(2)16(13(19)15-8)14(3,4)10-5-6-10/h10H,5-7H2,1-4H3,(H,17,18).